The molecule has 1 aromatic carbocycles. The molecule has 1 saturated heterocycles. The topological polar surface area (TPSA) is 59.0 Å². The second kappa shape index (κ2) is 7.34. The molecular weight excluding hydrogens is 380 g/mol. The van der Waals surface area contributed by atoms with E-state index < -0.39 is 0 Å². The van der Waals surface area contributed by atoms with E-state index in [1.165, 1.54) is 5.56 Å². The molecule has 29 heavy (non-hydrogen) atoms. The third-order valence-corrected chi connectivity index (χ3v) is 7.02. The first-order valence-corrected chi connectivity index (χ1v) is 11.1. The van der Waals surface area contributed by atoms with E-state index in [2.05, 4.69) is 22.1 Å². The summed E-state index contributed by atoms with van der Waals surface area (Å²) in [5, 5.41) is 3.01. The second-order valence-electron chi connectivity index (χ2n) is 8.17. The van der Waals surface area contributed by atoms with E-state index in [9.17, 15) is 4.79 Å². The Balaban J connectivity index is 1.41. The predicted molar refractivity (Wildman–Crippen MR) is 114 cm³/mol. The van der Waals surface area contributed by atoms with Crippen molar-refractivity contribution in [3.63, 3.8) is 0 Å². The number of nitrogens with zero attached hydrogens (tertiary/aromatic N) is 4. The molecular formula is C23H24N4OS. The maximum absolute atomic E-state index is 13.0. The lowest BCUT2D eigenvalue weighted by atomic mass is 9.77. The van der Waals surface area contributed by atoms with Gasteiger partial charge in [0.05, 0.1) is 22.8 Å². The van der Waals surface area contributed by atoms with Gasteiger partial charge in [0.25, 0.3) is 0 Å². The number of rotatable bonds is 3. The van der Waals surface area contributed by atoms with Crippen LogP contribution in [0.5, 0.6) is 0 Å². The van der Waals surface area contributed by atoms with Crippen LogP contribution in [0.15, 0.2) is 41.9 Å². The molecule has 148 valence electrons. The molecule has 3 heterocycles. The molecule has 5 rings (SSSR count). The maximum Gasteiger partial charge on any atom is 0.228 e. The number of carbonyl (C=O) groups excluding carboxylic acids is 1. The highest BCUT2D eigenvalue weighted by molar-refractivity contribution is 7.09. The molecule has 5 nitrogen and oxygen atoms in total. The molecule has 1 amide bonds. The molecule has 0 bridgehead atoms. The number of hydrogen-bond acceptors (Lipinski definition) is 5. The SMILES string of the molecule is Cc1nc(CC(=O)N2CCCC3(CCc4cnc(-c5ccccc5)nc43)C2)cs1. The molecule has 0 saturated carbocycles. The number of aryl methyl sites for hydroxylation is 2. The van der Waals surface area contributed by atoms with Crippen molar-refractivity contribution in [3.8, 4) is 11.4 Å². The van der Waals surface area contributed by atoms with Crippen LogP contribution in [0.3, 0.4) is 0 Å². The van der Waals surface area contributed by atoms with Crippen LogP contribution in [0.4, 0.5) is 0 Å². The quantitative estimate of drug-likeness (QED) is 0.663. The molecule has 1 atom stereocenters. The van der Waals surface area contributed by atoms with Crippen molar-refractivity contribution >= 4 is 17.2 Å². The van der Waals surface area contributed by atoms with Crippen LogP contribution in [-0.4, -0.2) is 38.8 Å². The first-order valence-electron chi connectivity index (χ1n) is 10.2. The molecule has 0 radical (unpaired) electrons. The Bertz CT molecular complexity index is 1040. The van der Waals surface area contributed by atoms with E-state index in [4.69, 9.17) is 4.98 Å². The number of hydrogen-bond donors (Lipinski definition) is 0. The van der Waals surface area contributed by atoms with E-state index >= 15 is 0 Å². The first-order chi connectivity index (χ1) is 14.1. The van der Waals surface area contributed by atoms with Crippen LogP contribution in [0, 0.1) is 6.92 Å². The van der Waals surface area contributed by atoms with Crippen molar-refractivity contribution in [1.82, 2.24) is 19.9 Å². The Kier molecular flexibility index (Phi) is 4.66. The number of aromatic nitrogens is 3. The lowest BCUT2D eigenvalue weighted by molar-refractivity contribution is -0.132. The monoisotopic (exact) mass is 404 g/mol. The molecule has 1 aliphatic heterocycles. The van der Waals surface area contributed by atoms with Crippen molar-refractivity contribution in [2.45, 2.75) is 44.4 Å². The largest absolute Gasteiger partial charge is 0.341 e. The number of fused-ring (bicyclic) bond motifs is 2. The van der Waals surface area contributed by atoms with E-state index in [1.54, 1.807) is 11.3 Å². The molecule has 6 heteroatoms. The maximum atomic E-state index is 13.0. The number of carbonyl (C=O) groups is 1. The standard InChI is InChI=1S/C23H24N4OS/c1-16-25-19(14-29-16)12-20(28)27-11-5-9-23(15-27)10-8-18-13-24-22(26-21(18)23)17-6-3-2-4-7-17/h2-4,6-7,13-14H,5,8-12,15H2,1H3. The summed E-state index contributed by atoms with van der Waals surface area (Å²) in [6.07, 6.45) is 6.55. The minimum Gasteiger partial charge on any atom is -0.341 e. The van der Waals surface area contributed by atoms with Gasteiger partial charge in [-0.2, -0.15) is 0 Å². The van der Waals surface area contributed by atoms with Gasteiger partial charge >= 0.3 is 0 Å². The summed E-state index contributed by atoms with van der Waals surface area (Å²) < 4.78 is 0. The summed E-state index contributed by atoms with van der Waals surface area (Å²) in [7, 11) is 0. The summed E-state index contributed by atoms with van der Waals surface area (Å²) in [4.78, 5) is 29.1. The number of thiazole rings is 1. The minimum absolute atomic E-state index is 0.0340. The molecule has 0 N–H and O–H groups in total. The fourth-order valence-corrected chi connectivity index (χ4v) is 5.38. The predicted octanol–water partition coefficient (Wildman–Crippen LogP) is 3.96. The minimum atomic E-state index is -0.0340. The van der Waals surface area contributed by atoms with Crippen molar-refractivity contribution in [2.75, 3.05) is 13.1 Å². The van der Waals surface area contributed by atoms with Crippen LogP contribution in [0.25, 0.3) is 11.4 Å². The van der Waals surface area contributed by atoms with Crippen LogP contribution in [-0.2, 0) is 23.1 Å². The third-order valence-electron chi connectivity index (χ3n) is 6.20. The van der Waals surface area contributed by atoms with Gasteiger partial charge in [-0.3, -0.25) is 4.79 Å². The molecule has 1 aliphatic carbocycles. The zero-order valence-electron chi connectivity index (χ0n) is 16.6. The normalized spacial score (nSPS) is 20.8. The molecule has 2 aromatic heterocycles. The first kappa shape index (κ1) is 18.4. The highest BCUT2D eigenvalue weighted by Crippen LogP contribution is 2.44. The molecule has 1 spiro atoms. The van der Waals surface area contributed by atoms with Gasteiger partial charge in [-0.05, 0) is 38.2 Å². The van der Waals surface area contributed by atoms with Gasteiger partial charge < -0.3 is 4.90 Å². The number of likely N-dealkylation sites (tertiary alicyclic amines) is 1. The average molecular weight is 405 g/mol. The lowest BCUT2D eigenvalue weighted by Gasteiger charge is -2.40. The molecule has 2 aliphatic rings. The highest BCUT2D eigenvalue weighted by atomic mass is 32.1. The van der Waals surface area contributed by atoms with Gasteiger partial charge in [0.15, 0.2) is 5.82 Å². The lowest BCUT2D eigenvalue weighted by Crippen LogP contribution is -2.48. The molecule has 1 fully saturated rings. The Morgan fingerprint density at radius 1 is 1.21 bits per heavy atom. The Morgan fingerprint density at radius 2 is 2.07 bits per heavy atom. The van der Waals surface area contributed by atoms with Gasteiger partial charge in [-0.15, -0.1) is 11.3 Å². The van der Waals surface area contributed by atoms with Crippen molar-refractivity contribution in [1.29, 1.82) is 0 Å². The summed E-state index contributed by atoms with van der Waals surface area (Å²) >= 11 is 1.60. The number of benzene rings is 1. The number of amides is 1. The Labute approximate surface area is 174 Å². The van der Waals surface area contributed by atoms with Crippen LogP contribution < -0.4 is 0 Å². The fourth-order valence-electron chi connectivity index (χ4n) is 4.77. The summed E-state index contributed by atoms with van der Waals surface area (Å²) in [6, 6.07) is 10.1. The van der Waals surface area contributed by atoms with Crippen molar-refractivity contribution in [2.24, 2.45) is 0 Å². The smallest absolute Gasteiger partial charge is 0.228 e. The van der Waals surface area contributed by atoms with Crippen molar-refractivity contribution < 1.29 is 4.79 Å². The highest BCUT2D eigenvalue weighted by Gasteiger charge is 2.44. The average Bonchev–Trinajstić information content (AvgIpc) is 3.32. The Morgan fingerprint density at radius 3 is 2.86 bits per heavy atom. The van der Waals surface area contributed by atoms with Gasteiger partial charge in [-0.25, -0.2) is 15.0 Å². The van der Waals surface area contributed by atoms with Crippen LogP contribution >= 0.6 is 11.3 Å². The number of piperidine rings is 1. The zero-order valence-corrected chi connectivity index (χ0v) is 17.4. The van der Waals surface area contributed by atoms with E-state index in [-0.39, 0.29) is 11.3 Å². The summed E-state index contributed by atoms with van der Waals surface area (Å²) in [5.74, 6) is 0.965. The van der Waals surface area contributed by atoms with Gasteiger partial charge in [0, 0.05) is 35.6 Å². The third kappa shape index (κ3) is 3.46. The fraction of sp³-hybridized carbons (Fsp3) is 0.391. The Hall–Kier alpha value is -2.60. The van der Waals surface area contributed by atoms with Crippen molar-refractivity contribution in [3.05, 3.63) is 63.9 Å². The molecule has 3 aromatic rings. The molecule has 1 unspecified atom stereocenters. The zero-order chi connectivity index (χ0) is 19.8. The van der Waals surface area contributed by atoms with E-state index in [1.807, 2.05) is 41.6 Å². The van der Waals surface area contributed by atoms with E-state index in [0.717, 1.165) is 66.6 Å². The summed E-state index contributed by atoms with van der Waals surface area (Å²) in [5.41, 5.74) is 4.30. The second-order valence-corrected chi connectivity index (χ2v) is 9.23. The van der Waals surface area contributed by atoms with Gasteiger partial charge in [0.1, 0.15) is 0 Å². The van der Waals surface area contributed by atoms with Gasteiger partial charge in [0.2, 0.25) is 5.91 Å². The van der Waals surface area contributed by atoms with E-state index in [0.29, 0.717) is 6.42 Å². The van der Waals surface area contributed by atoms with Gasteiger partial charge in [-0.1, -0.05) is 30.3 Å². The summed E-state index contributed by atoms with van der Waals surface area (Å²) in [6.45, 7) is 3.57. The van der Waals surface area contributed by atoms with Crippen LogP contribution in [0.1, 0.15) is 41.2 Å². The van der Waals surface area contributed by atoms with Crippen LogP contribution in [0.2, 0.25) is 0 Å².